The quantitative estimate of drug-likeness (QED) is 0.474. The first-order valence-electron chi connectivity index (χ1n) is 11.6. The van der Waals surface area contributed by atoms with Gasteiger partial charge in [0.25, 0.3) is 5.91 Å². The summed E-state index contributed by atoms with van der Waals surface area (Å²) in [7, 11) is -0.415. The van der Waals surface area contributed by atoms with Gasteiger partial charge in [0.1, 0.15) is 6.04 Å². The Kier molecular flexibility index (Phi) is 6.29. The van der Waals surface area contributed by atoms with E-state index < -0.39 is 26.2 Å². The third-order valence-corrected chi connectivity index (χ3v) is 7.83. The second-order valence-electron chi connectivity index (χ2n) is 10.3. The minimum Gasteiger partial charge on any atom is -0.389 e. The van der Waals surface area contributed by atoms with Gasteiger partial charge in [-0.05, 0) is 44.0 Å². The third-order valence-electron chi connectivity index (χ3n) is 6.87. The first-order chi connectivity index (χ1) is 14.7. The van der Waals surface area contributed by atoms with Gasteiger partial charge in [0.2, 0.25) is 5.91 Å². The average molecular weight is 445 g/mol. The summed E-state index contributed by atoms with van der Waals surface area (Å²) in [6.45, 7) is 7.39. The zero-order valence-electron chi connectivity index (χ0n) is 19.3. The van der Waals surface area contributed by atoms with E-state index in [1.165, 1.54) is 19.3 Å². The van der Waals surface area contributed by atoms with Crippen molar-refractivity contribution in [2.45, 2.75) is 82.6 Å². The first kappa shape index (κ1) is 22.5. The fraction of sp³-hybridized carbons (Fsp3) is 0.667. The molecular formula is C24H36N2O4Si. The molecule has 5 rings (SSSR count). The number of methoxy groups -OCH3 is 1. The van der Waals surface area contributed by atoms with Crippen LogP contribution in [0.15, 0.2) is 30.3 Å². The molecule has 3 heterocycles. The fourth-order valence-corrected chi connectivity index (χ4v) is 6.88. The summed E-state index contributed by atoms with van der Waals surface area (Å²) >= 11 is 0. The molecule has 1 saturated carbocycles. The lowest BCUT2D eigenvalue weighted by molar-refractivity contribution is -0.257. The Balaban J connectivity index is 1.67. The molecule has 4 aliphatic rings. The number of fused-ring (bicyclic) bond motifs is 3. The molecule has 0 aromatic heterocycles. The Labute approximate surface area is 187 Å². The fourth-order valence-electron chi connectivity index (χ4n) is 5.56. The van der Waals surface area contributed by atoms with Crippen molar-refractivity contribution in [2.24, 2.45) is 5.92 Å². The number of piperidine rings is 2. The van der Waals surface area contributed by atoms with Crippen LogP contribution in [0.2, 0.25) is 19.6 Å². The van der Waals surface area contributed by atoms with E-state index >= 15 is 0 Å². The van der Waals surface area contributed by atoms with Crippen molar-refractivity contribution in [3.05, 3.63) is 35.9 Å². The molecular weight excluding hydrogens is 408 g/mol. The van der Waals surface area contributed by atoms with Crippen LogP contribution in [0.4, 0.5) is 0 Å². The molecule has 2 bridgehead atoms. The highest BCUT2D eigenvalue weighted by molar-refractivity contribution is 6.69. The van der Waals surface area contributed by atoms with Crippen LogP contribution in [0.25, 0.3) is 0 Å². The standard InChI is InChI=1S/C24H36N2O4Si/c1-29-24(30-31(2,3)4)15-20-22(27)26(17-19-13-9-6-10-14-19)21(24)23(28)25(20)16-18-11-7-5-8-12-18/h5,7-8,11-12,19-21H,6,9-10,13-17H2,1-4H3/t20-,21+,24+/m0/s1. The molecule has 1 aromatic carbocycles. The molecule has 1 aliphatic carbocycles. The maximum atomic E-state index is 13.8. The lowest BCUT2D eigenvalue weighted by Gasteiger charge is -2.59. The molecule has 170 valence electrons. The van der Waals surface area contributed by atoms with Crippen molar-refractivity contribution < 1.29 is 18.8 Å². The van der Waals surface area contributed by atoms with Gasteiger partial charge in [-0.3, -0.25) is 9.59 Å². The lowest BCUT2D eigenvalue weighted by Crippen LogP contribution is -2.79. The highest BCUT2D eigenvalue weighted by atomic mass is 28.4. The normalized spacial score (nSPS) is 29.7. The van der Waals surface area contributed by atoms with Gasteiger partial charge in [-0.2, -0.15) is 0 Å². The number of hydrogen-bond acceptors (Lipinski definition) is 4. The molecule has 0 unspecified atom stereocenters. The van der Waals surface area contributed by atoms with E-state index in [0.717, 1.165) is 18.4 Å². The zero-order valence-corrected chi connectivity index (χ0v) is 20.3. The van der Waals surface area contributed by atoms with E-state index in [1.807, 2.05) is 35.2 Å². The van der Waals surface area contributed by atoms with E-state index in [0.29, 0.717) is 25.4 Å². The molecule has 0 spiro atoms. The Morgan fingerprint density at radius 2 is 1.68 bits per heavy atom. The van der Waals surface area contributed by atoms with Crippen LogP contribution in [0.3, 0.4) is 0 Å². The highest BCUT2D eigenvalue weighted by Crippen LogP contribution is 2.44. The molecule has 3 saturated heterocycles. The molecule has 1 aromatic rings. The van der Waals surface area contributed by atoms with Crippen LogP contribution in [0, 0.1) is 5.92 Å². The van der Waals surface area contributed by atoms with Crippen LogP contribution in [-0.4, -0.2) is 61.5 Å². The zero-order chi connectivity index (χ0) is 22.2. The van der Waals surface area contributed by atoms with Crippen molar-refractivity contribution >= 4 is 20.1 Å². The summed E-state index contributed by atoms with van der Waals surface area (Å²) in [6.07, 6.45) is 6.32. The number of hydrogen-bond donors (Lipinski definition) is 0. The number of carbonyl (C=O) groups excluding carboxylic acids is 2. The van der Waals surface area contributed by atoms with Crippen molar-refractivity contribution in [3.8, 4) is 0 Å². The predicted octanol–water partition coefficient (Wildman–Crippen LogP) is 3.77. The monoisotopic (exact) mass is 444 g/mol. The Morgan fingerprint density at radius 1 is 1.00 bits per heavy atom. The number of amides is 2. The van der Waals surface area contributed by atoms with Crippen molar-refractivity contribution in [3.63, 3.8) is 0 Å². The SMILES string of the molecule is CO[C@@]1(O[Si](C)(C)C)C[C@H]2C(=O)N(CC3CCCCC3)[C@@H]1C(=O)N2Cc1ccccc1. The Morgan fingerprint density at radius 3 is 2.29 bits per heavy atom. The lowest BCUT2D eigenvalue weighted by atomic mass is 9.81. The number of benzene rings is 1. The molecule has 2 amide bonds. The summed E-state index contributed by atoms with van der Waals surface area (Å²) in [4.78, 5) is 31.0. The summed E-state index contributed by atoms with van der Waals surface area (Å²) in [5.74, 6) is -0.593. The van der Waals surface area contributed by atoms with Gasteiger partial charge in [0.05, 0.1) is 0 Å². The number of carbonyl (C=O) groups is 2. The topological polar surface area (TPSA) is 59.1 Å². The Bertz CT molecular complexity index is 806. The van der Waals surface area contributed by atoms with Gasteiger partial charge in [-0.25, -0.2) is 0 Å². The van der Waals surface area contributed by atoms with Gasteiger partial charge in [0, 0.05) is 26.6 Å². The second kappa shape index (κ2) is 8.68. The van der Waals surface area contributed by atoms with Gasteiger partial charge < -0.3 is 19.0 Å². The number of rotatable bonds is 7. The summed E-state index contributed by atoms with van der Waals surface area (Å²) in [5, 5.41) is 0. The maximum Gasteiger partial charge on any atom is 0.251 e. The average Bonchev–Trinajstić information content (AvgIpc) is 2.74. The van der Waals surface area contributed by atoms with E-state index in [2.05, 4.69) is 19.6 Å². The molecule has 4 fully saturated rings. The minimum atomic E-state index is -2.04. The first-order valence-corrected chi connectivity index (χ1v) is 15.0. The molecule has 0 radical (unpaired) electrons. The van der Waals surface area contributed by atoms with Crippen molar-refractivity contribution in [2.75, 3.05) is 13.7 Å². The minimum absolute atomic E-state index is 0.0457. The molecule has 6 nitrogen and oxygen atoms in total. The number of nitrogens with zero attached hydrogens (tertiary/aromatic N) is 2. The molecule has 31 heavy (non-hydrogen) atoms. The summed E-state index contributed by atoms with van der Waals surface area (Å²) in [6, 6.07) is 8.64. The Hall–Kier alpha value is -1.70. The van der Waals surface area contributed by atoms with Crippen LogP contribution in [0.1, 0.15) is 44.1 Å². The van der Waals surface area contributed by atoms with E-state index in [-0.39, 0.29) is 11.8 Å². The summed E-state index contributed by atoms with van der Waals surface area (Å²) < 4.78 is 12.6. The summed E-state index contributed by atoms with van der Waals surface area (Å²) in [5.41, 5.74) is 1.03. The van der Waals surface area contributed by atoms with Gasteiger partial charge in [-0.1, -0.05) is 49.6 Å². The maximum absolute atomic E-state index is 13.8. The van der Waals surface area contributed by atoms with Gasteiger partial charge in [-0.15, -0.1) is 0 Å². The predicted molar refractivity (Wildman–Crippen MR) is 122 cm³/mol. The third kappa shape index (κ3) is 4.45. The number of piperazine rings is 1. The van der Waals surface area contributed by atoms with Crippen LogP contribution in [-0.2, 0) is 25.3 Å². The largest absolute Gasteiger partial charge is 0.389 e. The molecule has 0 N–H and O–H groups in total. The van der Waals surface area contributed by atoms with E-state index in [4.69, 9.17) is 9.16 Å². The molecule has 3 aliphatic heterocycles. The van der Waals surface area contributed by atoms with E-state index in [9.17, 15) is 9.59 Å². The van der Waals surface area contributed by atoms with Crippen LogP contribution in [0.5, 0.6) is 0 Å². The van der Waals surface area contributed by atoms with Crippen LogP contribution >= 0.6 is 0 Å². The van der Waals surface area contributed by atoms with Crippen LogP contribution < -0.4 is 0 Å². The van der Waals surface area contributed by atoms with Gasteiger partial charge in [0.15, 0.2) is 20.1 Å². The van der Waals surface area contributed by atoms with E-state index in [1.54, 1.807) is 12.0 Å². The number of ether oxygens (including phenoxy) is 1. The molecule has 3 atom stereocenters. The molecule has 7 heteroatoms. The second-order valence-corrected chi connectivity index (χ2v) is 14.7. The van der Waals surface area contributed by atoms with Crippen molar-refractivity contribution in [1.29, 1.82) is 0 Å². The highest BCUT2D eigenvalue weighted by Gasteiger charge is 2.64. The smallest absolute Gasteiger partial charge is 0.251 e. The van der Waals surface area contributed by atoms with Crippen molar-refractivity contribution in [1.82, 2.24) is 9.80 Å². The van der Waals surface area contributed by atoms with Gasteiger partial charge >= 0.3 is 0 Å².